The van der Waals surface area contributed by atoms with Crippen molar-refractivity contribution in [3.63, 3.8) is 0 Å². The third-order valence-electron chi connectivity index (χ3n) is 2.89. The highest BCUT2D eigenvalue weighted by Gasteiger charge is 2.13. The van der Waals surface area contributed by atoms with E-state index in [0.29, 0.717) is 25.3 Å². The lowest BCUT2D eigenvalue weighted by atomic mass is 10.2. The Morgan fingerprint density at radius 1 is 0.944 bits per heavy atom. The summed E-state index contributed by atoms with van der Waals surface area (Å²) < 4.78 is 11.0. The fourth-order valence-corrected chi connectivity index (χ4v) is 2.08. The van der Waals surface area contributed by atoms with Crippen molar-refractivity contribution in [2.75, 3.05) is 32.8 Å². The SMILES string of the molecule is CCOC(CNCCN(C(C)C)C(C)C)OCC. The van der Waals surface area contributed by atoms with Crippen LogP contribution < -0.4 is 5.32 Å². The molecule has 110 valence electrons. The molecule has 0 saturated heterocycles. The summed E-state index contributed by atoms with van der Waals surface area (Å²) in [6, 6.07) is 1.17. The van der Waals surface area contributed by atoms with Crippen LogP contribution in [0.1, 0.15) is 41.5 Å². The maximum Gasteiger partial charge on any atom is 0.169 e. The van der Waals surface area contributed by atoms with Gasteiger partial charge in [0.25, 0.3) is 0 Å². The summed E-state index contributed by atoms with van der Waals surface area (Å²) in [4.78, 5) is 2.48. The number of ether oxygens (including phenoxy) is 2. The van der Waals surface area contributed by atoms with Crippen LogP contribution in [0.2, 0.25) is 0 Å². The van der Waals surface area contributed by atoms with Gasteiger partial charge < -0.3 is 14.8 Å². The Bertz CT molecular complexity index is 173. The van der Waals surface area contributed by atoms with Crippen LogP contribution in [0.5, 0.6) is 0 Å². The highest BCUT2D eigenvalue weighted by atomic mass is 16.7. The molecule has 0 aromatic carbocycles. The van der Waals surface area contributed by atoms with E-state index in [0.717, 1.165) is 19.6 Å². The molecule has 0 aromatic rings. The van der Waals surface area contributed by atoms with E-state index in [1.54, 1.807) is 0 Å². The molecule has 0 aromatic heterocycles. The smallest absolute Gasteiger partial charge is 0.169 e. The number of hydrogen-bond acceptors (Lipinski definition) is 4. The van der Waals surface area contributed by atoms with Crippen LogP contribution in [-0.2, 0) is 9.47 Å². The third kappa shape index (κ3) is 8.03. The second-order valence-electron chi connectivity index (χ2n) is 4.97. The van der Waals surface area contributed by atoms with Crippen molar-refractivity contribution in [3.05, 3.63) is 0 Å². The summed E-state index contributed by atoms with van der Waals surface area (Å²) in [6.07, 6.45) is -0.119. The summed E-state index contributed by atoms with van der Waals surface area (Å²) in [7, 11) is 0. The first-order chi connectivity index (χ1) is 8.52. The molecule has 0 fully saturated rings. The van der Waals surface area contributed by atoms with Crippen molar-refractivity contribution >= 4 is 0 Å². The summed E-state index contributed by atoms with van der Waals surface area (Å²) >= 11 is 0. The average Bonchev–Trinajstić information content (AvgIpc) is 2.28. The Morgan fingerprint density at radius 3 is 1.83 bits per heavy atom. The summed E-state index contributed by atoms with van der Waals surface area (Å²) in [5, 5.41) is 3.40. The first-order valence-electron chi connectivity index (χ1n) is 7.22. The van der Waals surface area contributed by atoms with Crippen molar-refractivity contribution in [2.45, 2.75) is 59.9 Å². The van der Waals surface area contributed by atoms with Gasteiger partial charge in [-0.3, -0.25) is 4.90 Å². The minimum absolute atomic E-state index is 0.119. The molecule has 0 radical (unpaired) electrons. The van der Waals surface area contributed by atoms with Crippen LogP contribution in [0.25, 0.3) is 0 Å². The van der Waals surface area contributed by atoms with Gasteiger partial charge in [-0.1, -0.05) is 0 Å². The van der Waals surface area contributed by atoms with Crippen molar-refractivity contribution < 1.29 is 9.47 Å². The lowest BCUT2D eigenvalue weighted by molar-refractivity contribution is -0.132. The topological polar surface area (TPSA) is 33.7 Å². The quantitative estimate of drug-likeness (QED) is 0.456. The predicted octanol–water partition coefficient (Wildman–Crippen LogP) is 2.09. The van der Waals surface area contributed by atoms with Gasteiger partial charge in [-0.25, -0.2) is 0 Å². The van der Waals surface area contributed by atoms with E-state index < -0.39 is 0 Å². The van der Waals surface area contributed by atoms with Gasteiger partial charge in [-0.2, -0.15) is 0 Å². The molecule has 4 heteroatoms. The number of nitrogens with one attached hydrogen (secondary N) is 1. The van der Waals surface area contributed by atoms with Crippen molar-refractivity contribution in [3.8, 4) is 0 Å². The summed E-state index contributed by atoms with van der Waals surface area (Å²) in [5.41, 5.74) is 0. The molecule has 0 aliphatic carbocycles. The molecule has 18 heavy (non-hydrogen) atoms. The van der Waals surface area contributed by atoms with Crippen LogP contribution in [0.3, 0.4) is 0 Å². The van der Waals surface area contributed by atoms with E-state index in [1.807, 2.05) is 13.8 Å². The van der Waals surface area contributed by atoms with Gasteiger partial charge in [-0.15, -0.1) is 0 Å². The minimum Gasteiger partial charge on any atom is -0.352 e. The third-order valence-corrected chi connectivity index (χ3v) is 2.89. The molecular formula is C14H32N2O2. The number of nitrogens with zero attached hydrogens (tertiary/aromatic N) is 1. The first kappa shape index (κ1) is 17.8. The fraction of sp³-hybridized carbons (Fsp3) is 1.00. The fourth-order valence-electron chi connectivity index (χ4n) is 2.08. The monoisotopic (exact) mass is 260 g/mol. The van der Waals surface area contributed by atoms with Gasteiger partial charge in [0.1, 0.15) is 0 Å². The van der Waals surface area contributed by atoms with Crippen molar-refractivity contribution in [1.82, 2.24) is 10.2 Å². The largest absolute Gasteiger partial charge is 0.352 e. The minimum atomic E-state index is -0.119. The predicted molar refractivity (Wildman–Crippen MR) is 76.9 cm³/mol. The van der Waals surface area contributed by atoms with Crippen molar-refractivity contribution in [1.29, 1.82) is 0 Å². The molecule has 0 rings (SSSR count). The number of rotatable bonds is 11. The number of hydrogen-bond donors (Lipinski definition) is 1. The lowest BCUT2D eigenvalue weighted by Crippen LogP contribution is -2.43. The molecule has 4 nitrogen and oxygen atoms in total. The highest BCUT2D eigenvalue weighted by molar-refractivity contribution is 4.68. The van der Waals surface area contributed by atoms with Crippen LogP contribution in [0.15, 0.2) is 0 Å². The van der Waals surface area contributed by atoms with Crippen LogP contribution in [0.4, 0.5) is 0 Å². The molecule has 0 heterocycles. The van der Waals surface area contributed by atoms with Crippen LogP contribution in [0, 0.1) is 0 Å². The average molecular weight is 260 g/mol. The van der Waals surface area contributed by atoms with Gasteiger partial charge in [0.05, 0.1) is 0 Å². The standard InChI is InChI=1S/C14H32N2O2/c1-7-17-14(18-8-2)11-15-9-10-16(12(3)4)13(5)6/h12-15H,7-11H2,1-6H3. The Morgan fingerprint density at radius 2 is 1.44 bits per heavy atom. The summed E-state index contributed by atoms with van der Waals surface area (Å²) in [5.74, 6) is 0. The second-order valence-corrected chi connectivity index (χ2v) is 4.97. The zero-order valence-electron chi connectivity index (χ0n) is 13.0. The van der Waals surface area contributed by atoms with Gasteiger partial charge >= 0.3 is 0 Å². The van der Waals surface area contributed by atoms with Gasteiger partial charge in [0.2, 0.25) is 0 Å². The van der Waals surface area contributed by atoms with E-state index in [2.05, 4.69) is 37.9 Å². The molecule has 1 N–H and O–H groups in total. The molecule has 0 atom stereocenters. The Hall–Kier alpha value is -0.160. The Labute approximate surface area is 113 Å². The zero-order chi connectivity index (χ0) is 14.0. The molecule has 0 aliphatic heterocycles. The molecule has 0 spiro atoms. The van der Waals surface area contributed by atoms with E-state index in [4.69, 9.17) is 9.47 Å². The molecular weight excluding hydrogens is 228 g/mol. The van der Waals surface area contributed by atoms with Gasteiger partial charge in [0, 0.05) is 44.9 Å². The lowest BCUT2D eigenvalue weighted by Gasteiger charge is -2.30. The van der Waals surface area contributed by atoms with Crippen molar-refractivity contribution in [2.24, 2.45) is 0 Å². The van der Waals surface area contributed by atoms with E-state index in [1.165, 1.54) is 0 Å². The normalized spacial score (nSPS) is 12.3. The van der Waals surface area contributed by atoms with E-state index in [-0.39, 0.29) is 6.29 Å². The first-order valence-corrected chi connectivity index (χ1v) is 7.22. The maximum atomic E-state index is 5.49. The zero-order valence-corrected chi connectivity index (χ0v) is 13.0. The summed E-state index contributed by atoms with van der Waals surface area (Å²) in [6.45, 7) is 17.1. The van der Waals surface area contributed by atoms with E-state index in [9.17, 15) is 0 Å². The maximum absolute atomic E-state index is 5.49. The molecule has 0 unspecified atom stereocenters. The molecule has 0 aliphatic rings. The van der Waals surface area contributed by atoms with Crippen LogP contribution in [-0.4, -0.2) is 56.1 Å². The molecule has 0 amide bonds. The highest BCUT2D eigenvalue weighted by Crippen LogP contribution is 2.03. The van der Waals surface area contributed by atoms with E-state index >= 15 is 0 Å². The molecule has 0 saturated carbocycles. The van der Waals surface area contributed by atoms with Gasteiger partial charge in [-0.05, 0) is 41.5 Å². The van der Waals surface area contributed by atoms with Crippen LogP contribution >= 0.6 is 0 Å². The van der Waals surface area contributed by atoms with Gasteiger partial charge in [0.15, 0.2) is 6.29 Å². The Kier molecular flexibility index (Phi) is 10.6. The second kappa shape index (κ2) is 10.7. The Balaban J connectivity index is 3.80. The molecule has 0 bridgehead atoms.